The zero-order valence-corrected chi connectivity index (χ0v) is 10.0. The molecule has 0 aromatic carbocycles. The van der Waals surface area contributed by atoms with Crippen LogP contribution in [0.4, 0.5) is 10.1 Å². The fraction of sp³-hybridized carbons (Fsp3) is 0.0769. The maximum atomic E-state index is 12.9. The molecule has 0 saturated heterocycles. The van der Waals surface area contributed by atoms with Gasteiger partial charge >= 0.3 is 0 Å². The molecule has 1 aliphatic rings. The maximum absolute atomic E-state index is 12.9. The molecule has 5 nitrogen and oxygen atoms in total. The second-order valence-electron chi connectivity index (χ2n) is 4.10. The fourth-order valence-corrected chi connectivity index (χ4v) is 1.86. The molecule has 1 aliphatic heterocycles. The number of aromatic nitrogens is 3. The van der Waals surface area contributed by atoms with Crippen LogP contribution in [0, 0.1) is 5.82 Å². The van der Waals surface area contributed by atoms with Crippen molar-refractivity contribution in [2.45, 2.75) is 6.17 Å². The molecule has 3 heterocycles. The van der Waals surface area contributed by atoms with Gasteiger partial charge in [0.15, 0.2) is 11.6 Å². The van der Waals surface area contributed by atoms with E-state index in [1.165, 1.54) is 10.9 Å². The Bertz CT molecular complexity index is 629. The van der Waals surface area contributed by atoms with Gasteiger partial charge in [-0.25, -0.2) is 14.1 Å². The van der Waals surface area contributed by atoms with Crippen LogP contribution in [0.2, 0.25) is 0 Å². The Labute approximate surface area is 109 Å². The fourth-order valence-electron chi connectivity index (χ4n) is 1.86. The highest BCUT2D eigenvalue weighted by Crippen LogP contribution is 2.18. The molecule has 3 rings (SSSR count). The van der Waals surface area contributed by atoms with Crippen molar-refractivity contribution in [1.82, 2.24) is 14.8 Å². The van der Waals surface area contributed by atoms with Crippen molar-refractivity contribution < 1.29 is 4.39 Å². The summed E-state index contributed by atoms with van der Waals surface area (Å²) in [6.45, 7) is 0. The normalized spacial score (nSPS) is 18.0. The average molecular weight is 257 g/mol. The lowest BCUT2D eigenvalue weighted by Gasteiger charge is -2.26. The van der Waals surface area contributed by atoms with Gasteiger partial charge in [0, 0.05) is 6.20 Å². The molecule has 1 atom stereocenters. The second-order valence-corrected chi connectivity index (χ2v) is 4.10. The Kier molecular flexibility index (Phi) is 2.85. The van der Waals surface area contributed by atoms with E-state index < -0.39 is 5.82 Å². The van der Waals surface area contributed by atoms with Crippen LogP contribution in [0.3, 0.4) is 0 Å². The first kappa shape index (κ1) is 11.6. The van der Waals surface area contributed by atoms with Gasteiger partial charge in [-0.05, 0) is 24.3 Å². The number of allylic oxidation sites excluding steroid dienone is 2. The van der Waals surface area contributed by atoms with Gasteiger partial charge in [-0.2, -0.15) is 5.10 Å². The van der Waals surface area contributed by atoms with E-state index in [2.05, 4.69) is 10.1 Å². The van der Waals surface area contributed by atoms with Gasteiger partial charge < -0.3 is 10.6 Å². The number of hydrogen-bond donors (Lipinski definition) is 1. The van der Waals surface area contributed by atoms with Crippen molar-refractivity contribution in [2.75, 3.05) is 4.90 Å². The Morgan fingerprint density at radius 2 is 2.11 bits per heavy atom. The number of anilines is 1. The zero-order valence-electron chi connectivity index (χ0n) is 10.0. The predicted molar refractivity (Wildman–Crippen MR) is 70.1 cm³/mol. The number of nitrogens with two attached hydrogens (primary N) is 1. The van der Waals surface area contributed by atoms with E-state index in [1.54, 1.807) is 12.3 Å². The maximum Gasteiger partial charge on any atom is 0.161 e. The van der Waals surface area contributed by atoms with Crippen LogP contribution < -0.4 is 10.6 Å². The van der Waals surface area contributed by atoms with E-state index in [4.69, 9.17) is 5.73 Å². The number of pyridine rings is 1. The van der Waals surface area contributed by atoms with Gasteiger partial charge in [0.05, 0.1) is 24.3 Å². The second kappa shape index (κ2) is 4.66. The van der Waals surface area contributed by atoms with Crippen molar-refractivity contribution >= 4 is 5.69 Å². The van der Waals surface area contributed by atoms with Crippen LogP contribution in [-0.2, 0) is 0 Å². The molecular formula is C13H12FN5. The molecule has 2 N–H and O–H groups in total. The summed E-state index contributed by atoms with van der Waals surface area (Å²) in [4.78, 5) is 6.14. The number of hydrogen-bond acceptors (Lipinski definition) is 4. The van der Waals surface area contributed by atoms with Crippen molar-refractivity contribution in [3.05, 3.63) is 61.0 Å². The first-order chi connectivity index (χ1) is 9.24. The largest absolute Gasteiger partial charge is 0.327 e. The summed E-state index contributed by atoms with van der Waals surface area (Å²) in [5, 5.41) is 3.86. The van der Waals surface area contributed by atoms with Crippen LogP contribution in [0.5, 0.6) is 0 Å². The van der Waals surface area contributed by atoms with Crippen molar-refractivity contribution in [2.24, 2.45) is 5.73 Å². The molecule has 2 aromatic rings. The van der Waals surface area contributed by atoms with Gasteiger partial charge in [-0.1, -0.05) is 6.08 Å². The minimum absolute atomic E-state index is 0.209. The van der Waals surface area contributed by atoms with E-state index in [1.807, 2.05) is 35.4 Å². The summed E-state index contributed by atoms with van der Waals surface area (Å²) in [5.41, 5.74) is 6.82. The molecule has 0 amide bonds. The third kappa shape index (κ3) is 2.25. The molecule has 0 aliphatic carbocycles. The predicted octanol–water partition coefficient (Wildman–Crippen LogP) is 1.58. The average Bonchev–Trinajstić information content (AvgIpc) is 2.86. The number of nitrogens with zero attached hydrogens (tertiary/aromatic N) is 4. The van der Waals surface area contributed by atoms with Gasteiger partial charge in [0.2, 0.25) is 0 Å². The standard InChI is InChI=1S/C13H12FN5/c14-10-7-17-19(9-10)13-5-4-11(8-16-13)18-6-2-1-3-12(18)15/h1-9,12H,15H2. The summed E-state index contributed by atoms with van der Waals surface area (Å²) < 4.78 is 14.3. The Morgan fingerprint density at radius 3 is 2.74 bits per heavy atom. The zero-order chi connectivity index (χ0) is 13.2. The summed E-state index contributed by atoms with van der Waals surface area (Å²) in [5.74, 6) is 0.162. The SMILES string of the molecule is NC1C=CC=CN1c1ccc(-n2cc(F)cn2)nc1. The Hall–Kier alpha value is -2.47. The molecule has 96 valence electrons. The van der Waals surface area contributed by atoms with Gasteiger partial charge in [0.25, 0.3) is 0 Å². The molecule has 0 saturated carbocycles. The third-order valence-corrected chi connectivity index (χ3v) is 2.80. The third-order valence-electron chi connectivity index (χ3n) is 2.80. The smallest absolute Gasteiger partial charge is 0.161 e. The van der Waals surface area contributed by atoms with E-state index in [-0.39, 0.29) is 6.17 Å². The van der Waals surface area contributed by atoms with Crippen molar-refractivity contribution in [3.8, 4) is 5.82 Å². The molecule has 1 unspecified atom stereocenters. The molecule has 2 aromatic heterocycles. The van der Waals surface area contributed by atoms with Gasteiger partial charge in [-0.15, -0.1) is 0 Å². The summed E-state index contributed by atoms with van der Waals surface area (Å²) in [6.07, 6.45) is 11.5. The molecule has 6 heteroatoms. The van der Waals surface area contributed by atoms with Crippen molar-refractivity contribution in [1.29, 1.82) is 0 Å². The molecule has 0 fully saturated rings. The summed E-state index contributed by atoms with van der Waals surface area (Å²) >= 11 is 0. The quantitative estimate of drug-likeness (QED) is 0.887. The van der Waals surface area contributed by atoms with E-state index in [0.29, 0.717) is 5.82 Å². The monoisotopic (exact) mass is 257 g/mol. The Morgan fingerprint density at radius 1 is 1.21 bits per heavy atom. The molecule has 19 heavy (non-hydrogen) atoms. The first-order valence-corrected chi connectivity index (χ1v) is 5.79. The number of halogens is 1. The molecule has 0 spiro atoms. The van der Waals surface area contributed by atoms with E-state index >= 15 is 0 Å². The topological polar surface area (TPSA) is 60.0 Å². The van der Waals surface area contributed by atoms with E-state index in [9.17, 15) is 4.39 Å². The van der Waals surface area contributed by atoms with Crippen LogP contribution in [0.25, 0.3) is 5.82 Å². The highest BCUT2D eigenvalue weighted by molar-refractivity contribution is 5.52. The Balaban J connectivity index is 1.87. The highest BCUT2D eigenvalue weighted by Gasteiger charge is 2.12. The molecule has 0 bridgehead atoms. The van der Waals surface area contributed by atoms with Gasteiger partial charge in [0.1, 0.15) is 6.17 Å². The summed E-state index contributed by atoms with van der Waals surface area (Å²) in [7, 11) is 0. The lowest BCUT2D eigenvalue weighted by atomic mass is 10.2. The minimum atomic E-state index is -0.392. The lowest BCUT2D eigenvalue weighted by Crippen LogP contribution is -2.37. The van der Waals surface area contributed by atoms with Crippen LogP contribution >= 0.6 is 0 Å². The summed E-state index contributed by atoms with van der Waals surface area (Å²) in [6, 6.07) is 3.63. The highest BCUT2D eigenvalue weighted by atomic mass is 19.1. The molecular weight excluding hydrogens is 245 g/mol. The molecule has 0 radical (unpaired) electrons. The number of rotatable bonds is 2. The van der Waals surface area contributed by atoms with Crippen LogP contribution in [0.15, 0.2) is 55.2 Å². The van der Waals surface area contributed by atoms with Crippen molar-refractivity contribution in [3.63, 3.8) is 0 Å². The van der Waals surface area contributed by atoms with Crippen LogP contribution in [-0.4, -0.2) is 20.9 Å². The minimum Gasteiger partial charge on any atom is -0.327 e. The van der Waals surface area contributed by atoms with Crippen LogP contribution in [0.1, 0.15) is 0 Å². The van der Waals surface area contributed by atoms with Gasteiger partial charge in [-0.3, -0.25) is 0 Å². The first-order valence-electron chi connectivity index (χ1n) is 5.79. The lowest BCUT2D eigenvalue weighted by molar-refractivity contribution is 0.627. The van der Waals surface area contributed by atoms with E-state index in [0.717, 1.165) is 11.9 Å².